The van der Waals surface area contributed by atoms with E-state index >= 15 is 0 Å². The molecule has 164 valence electrons. The first-order chi connectivity index (χ1) is 14.8. The first-order valence-corrected chi connectivity index (χ1v) is 9.68. The lowest BCUT2D eigenvalue weighted by Gasteiger charge is -2.09. The van der Waals surface area contributed by atoms with Crippen molar-refractivity contribution >= 4 is 29.5 Å². The van der Waals surface area contributed by atoms with Crippen molar-refractivity contribution in [2.24, 2.45) is 0 Å². The summed E-state index contributed by atoms with van der Waals surface area (Å²) in [4.78, 5) is 35.8. The molecule has 8 heteroatoms. The second-order valence-corrected chi connectivity index (χ2v) is 6.85. The lowest BCUT2D eigenvalue weighted by Crippen LogP contribution is -2.41. The molecule has 2 aromatic carbocycles. The van der Waals surface area contributed by atoms with Crippen molar-refractivity contribution in [2.75, 3.05) is 19.5 Å². The molecule has 31 heavy (non-hydrogen) atoms. The number of hydrogen-bond acceptors (Lipinski definition) is 5. The van der Waals surface area contributed by atoms with Gasteiger partial charge in [0.2, 0.25) is 11.8 Å². The number of nitrogens with one attached hydrogen (secondary N) is 3. The minimum Gasteiger partial charge on any atom is -0.493 e. The van der Waals surface area contributed by atoms with Crippen molar-refractivity contribution in [3.63, 3.8) is 0 Å². The number of aryl methyl sites for hydroxylation is 2. The van der Waals surface area contributed by atoms with Gasteiger partial charge in [0.1, 0.15) is 0 Å². The van der Waals surface area contributed by atoms with E-state index in [1.807, 2.05) is 32.0 Å². The van der Waals surface area contributed by atoms with Gasteiger partial charge in [-0.2, -0.15) is 0 Å². The number of rotatable bonds is 8. The zero-order valence-corrected chi connectivity index (χ0v) is 18.1. The average molecular weight is 425 g/mol. The van der Waals surface area contributed by atoms with Gasteiger partial charge in [-0.05, 0) is 49.2 Å². The van der Waals surface area contributed by atoms with Crippen LogP contribution in [0.15, 0.2) is 42.5 Å². The summed E-state index contributed by atoms with van der Waals surface area (Å²) >= 11 is 0. The fourth-order valence-electron chi connectivity index (χ4n) is 2.76. The largest absolute Gasteiger partial charge is 0.493 e. The van der Waals surface area contributed by atoms with Gasteiger partial charge in [0, 0.05) is 24.6 Å². The van der Waals surface area contributed by atoms with Gasteiger partial charge in [0.05, 0.1) is 14.2 Å². The van der Waals surface area contributed by atoms with E-state index in [1.54, 1.807) is 24.3 Å². The van der Waals surface area contributed by atoms with Crippen LogP contribution in [0.5, 0.6) is 11.5 Å². The Kier molecular flexibility index (Phi) is 8.63. The second-order valence-electron chi connectivity index (χ2n) is 6.85. The van der Waals surface area contributed by atoms with E-state index in [0.29, 0.717) is 17.2 Å². The van der Waals surface area contributed by atoms with E-state index < -0.39 is 11.8 Å². The minimum atomic E-state index is -0.511. The third-order valence-corrected chi connectivity index (χ3v) is 4.39. The topological polar surface area (TPSA) is 106 Å². The molecule has 0 unspecified atom stereocenters. The predicted molar refractivity (Wildman–Crippen MR) is 119 cm³/mol. The molecule has 8 nitrogen and oxygen atoms in total. The highest BCUT2D eigenvalue weighted by molar-refractivity contribution is 5.95. The molecule has 2 aromatic rings. The van der Waals surface area contributed by atoms with Gasteiger partial charge >= 0.3 is 0 Å². The number of carbonyl (C=O) groups is 3. The number of hydrogen-bond donors (Lipinski definition) is 3. The maximum absolute atomic E-state index is 12.0. The maximum atomic E-state index is 12.0. The molecule has 0 radical (unpaired) electrons. The number of anilines is 1. The summed E-state index contributed by atoms with van der Waals surface area (Å²) in [5.74, 6) is -0.135. The van der Waals surface area contributed by atoms with Crippen LogP contribution in [0, 0.1) is 13.8 Å². The highest BCUT2D eigenvalue weighted by atomic mass is 16.5. The Labute approximate surface area is 181 Å². The molecule has 2 rings (SSSR count). The molecule has 0 aliphatic heterocycles. The van der Waals surface area contributed by atoms with E-state index in [4.69, 9.17) is 9.47 Å². The maximum Gasteiger partial charge on any atom is 0.262 e. The molecule has 0 aliphatic carbocycles. The number of amides is 3. The van der Waals surface area contributed by atoms with Crippen LogP contribution in [0.3, 0.4) is 0 Å². The Balaban J connectivity index is 1.76. The summed E-state index contributed by atoms with van der Waals surface area (Å²) in [5, 5.41) is 2.78. The van der Waals surface area contributed by atoms with Crippen LogP contribution < -0.4 is 25.6 Å². The van der Waals surface area contributed by atoms with Gasteiger partial charge in [-0.15, -0.1) is 0 Å². The van der Waals surface area contributed by atoms with Gasteiger partial charge < -0.3 is 14.8 Å². The Morgan fingerprint density at radius 1 is 0.871 bits per heavy atom. The molecular formula is C23H27N3O5. The summed E-state index contributed by atoms with van der Waals surface area (Å²) in [7, 11) is 3.06. The zero-order chi connectivity index (χ0) is 22.8. The van der Waals surface area contributed by atoms with E-state index in [-0.39, 0.29) is 18.7 Å². The Hall–Kier alpha value is -3.81. The van der Waals surface area contributed by atoms with E-state index in [0.717, 1.165) is 16.7 Å². The van der Waals surface area contributed by atoms with Crippen molar-refractivity contribution in [3.8, 4) is 11.5 Å². The van der Waals surface area contributed by atoms with Crippen LogP contribution >= 0.6 is 0 Å². The number of benzene rings is 2. The van der Waals surface area contributed by atoms with Gasteiger partial charge in [0.15, 0.2) is 11.5 Å². The van der Waals surface area contributed by atoms with Crippen molar-refractivity contribution in [3.05, 3.63) is 59.2 Å². The lowest BCUT2D eigenvalue weighted by molar-refractivity contribution is -0.128. The van der Waals surface area contributed by atoms with E-state index in [1.165, 1.54) is 20.3 Å². The van der Waals surface area contributed by atoms with E-state index in [9.17, 15) is 14.4 Å². The second kappa shape index (κ2) is 11.4. The fraction of sp³-hybridized carbons (Fsp3) is 0.261. The highest BCUT2D eigenvalue weighted by Crippen LogP contribution is 2.27. The van der Waals surface area contributed by atoms with Crippen LogP contribution in [0.4, 0.5) is 5.69 Å². The molecule has 0 fully saturated rings. The van der Waals surface area contributed by atoms with Gasteiger partial charge in [0.25, 0.3) is 5.91 Å². The molecular weight excluding hydrogens is 398 g/mol. The van der Waals surface area contributed by atoms with Crippen LogP contribution in [-0.2, 0) is 14.4 Å². The zero-order valence-electron chi connectivity index (χ0n) is 18.1. The summed E-state index contributed by atoms with van der Waals surface area (Å²) in [6, 6.07) is 10.9. The molecule has 0 aliphatic rings. The molecule has 0 saturated heterocycles. The normalized spacial score (nSPS) is 10.5. The molecule has 0 spiro atoms. The van der Waals surface area contributed by atoms with Gasteiger partial charge in [-0.3, -0.25) is 25.2 Å². The number of methoxy groups -OCH3 is 2. The van der Waals surface area contributed by atoms with E-state index in [2.05, 4.69) is 16.2 Å². The quantitative estimate of drug-likeness (QED) is 0.445. The fourth-order valence-corrected chi connectivity index (χ4v) is 2.76. The Bertz CT molecular complexity index is 985. The smallest absolute Gasteiger partial charge is 0.262 e. The van der Waals surface area contributed by atoms with Crippen molar-refractivity contribution in [2.45, 2.75) is 26.7 Å². The summed E-state index contributed by atoms with van der Waals surface area (Å²) in [6.07, 6.45) is 2.78. The summed E-state index contributed by atoms with van der Waals surface area (Å²) in [6.45, 7) is 3.88. The van der Waals surface area contributed by atoms with Crippen LogP contribution in [0.1, 0.15) is 29.5 Å². The predicted octanol–water partition coefficient (Wildman–Crippen LogP) is 2.90. The first kappa shape index (κ1) is 23.5. The molecule has 0 aromatic heterocycles. The standard InChI is InChI=1S/C23H27N3O5/c1-15-5-8-18(16(2)13-15)24-21(27)11-12-23(29)26-25-22(28)10-7-17-6-9-19(30-3)20(14-17)31-4/h5-10,13-14H,11-12H2,1-4H3,(H,24,27)(H,25,28)(H,26,29). The monoisotopic (exact) mass is 425 g/mol. The highest BCUT2D eigenvalue weighted by Gasteiger charge is 2.09. The number of ether oxygens (including phenoxy) is 2. The van der Waals surface area contributed by atoms with Crippen molar-refractivity contribution < 1.29 is 23.9 Å². The van der Waals surface area contributed by atoms with Crippen LogP contribution in [-0.4, -0.2) is 31.9 Å². The number of hydrazine groups is 1. The SMILES string of the molecule is COc1ccc(C=CC(=O)NNC(=O)CCC(=O)Nc2ccc(C)cc2C)cc1OC. The van der Waals surface area contributed by atoms with Crippen LogP contribution in [0.25, 0.3) is 6.08 Å². The molecule has 0 bridgehead atoms. The third kappa shape index (κ3) is 7.50. The molecule has 0 heterocycles. The molecule has 3 N–H and O–H groups in total. The third-order valence-electron chi connectivity index (χ3n) is 4.39. The minimum absolute atomic E-state index is 0.00347. The summed E-state index contributed by atoms with van der Waals surface area (Å²) in [5.41, 5.74) is 8.05. The molecule has 0 atom stereocenters. The van der Waals surface area contributed by atoms with Gasteiger partial charge in [-0.1, -0.05) is 23.8 Å². The molecule has 0 saturated carbocycles. The first-order valence-electron chi connectivity index (χ1n) is 9.68. The lowest BCUT2D eigenvalue weighted by atomic mass is 10.1. The average Bonchev–Trinajstić information content (AvgIpc) is 2.76. The van der Waals surface area contributed by atoms with Crippen molar-refractivity contribution in [1.82, 2.24) is 10.9 Å². The Morgan fingerprint density at radius 3 is 2.26 bits per heavy atom. The Morgan fingerprint density at radius 2 is 1.58 bits per heavy atom. The van der Waals surface area contributed by atoms with Gasteiger partial charge in [-0.25, -0.2) is 0 Å². The van der Waals surface area contributed by atoms with Crippen molar-refractivity contribution in [1.29, 1.82) is 0 Å². The molecule has 3 amide bonds. The number of carbonyl (C=O) groups excluding carboxylic acids is 3. The summed E-state index contributed by atoms with van der Waals surface area (Å²) < 4.78 is 10.4. The van der Waals surface area contributed by atoms with Crippen LogP contribution in [0.2, 0.25) is 0 Å².